The van der Waals surface area contributed by atoms with E-state index in [4.69, 9.17) is 4.74 Å². The van der Waals surface area contributed by atoms with E-state index in [9.17, 15) is 13.2 Å². The van der Waals surface area contributed by atoms with Crippen LogP contribution in [0, 0.1) is 0 Å². The first kappa shape index (κ1) is 15.5. The number of nitrogens with zero attached hydrogens (tertiary/aromatic N) is 6. The number of halogens is 3. The van der Waals surface area contributed by atoms with Crippen LogP contribution in [0.1, 0.15) is 5.82 Å². The van der Waals surface area contributed by atoms with Crippen LogP contribution in [0.2, 0.25) is 0 Å². The van der Waals surface area contributed by atoms with Gasteiger partial charge in [0.2, 0.25) is 11.0 Å². The van der Waals surface area contributed by atoms with Gasteiger partial charge in [0.05, 0.1) is 12.6 Å². The summed E-state index contributed by atoms with van der Waals surface area (Å²) in [4.78, 5) is 7.20. The van der Waals surface area contributed by atoms with Crippen LogP contribution >= 0.6 is 11.8 Å². The van der Waals surface area contributed by atoms with Crippen LogP contribution in [0.15, 0.2) is 28.4 Å². The van der Waals surface area contributed by atoms with E-state index in [2.05, 4.69) is 25.5 Å². The van der Waals surface area contributed by atoms with E-state index < -0.39 is 12.0 Å². The quantitative estimate of drug-likeness (QED) is 0.676. The van der Waals surface area contributed by atoms with Gasteiger partial charge in [0.1, 0.15) is 10.8 Å². The van der Waals surface area contributed by atoms with Gasteiger partial charge in [-0.15, -0.1) is 5.10 Å². The lowest BCUT2D eigenvalue weighted by Gasteiger charge is -2.10. The minimum Gasteiger partial charge on any atom is -0.497 e. The highest BCUT2D eigenvalue weighted by molar-refractivity contribution is 7.99. The molecule has 0 unspecified atom stereocenters. The van der Waals surface area contributed by atoms with Crippen molar-refractivity contribution in [2.75, 3.05) is 7.11 Å². The zero-order valence-electron chi connectivity index (χ0n) is 11.9. The molecule has 2 heterocycles. The Morgan fingerprint density at radius 2 is 2.00 bits per heavy atom. The average molecular weight is 342 g/mol. The number of hydrogen-bond acceptors (Lipinski definition) is 7. The largest absolute Gasteiger partial charge is 0.497 e. The van der Waals surface area contributed by atoms with Crippen molar-refractivity contribution in [2.45, 2.75) is 16.4 Å². The van der Waals surface area contributed by atoms with Gasteiger partial charge in [-0.1, -0.05) is 0 Å². The molecule has 0 radical (unpaired) electrons. The Morgan fingerprint density at radius 1 is 1.22 bits per heavy atom. The molecule has 7 nitrogen and oxygen atoms in total. The molecule has 0 amide bonds. The Balaban J connectivity index is 2.19. The fourth-order valence-electron chi connectivity index (χ4n) is 1.81. The lowest BCUT2D eigenvalue weighted by Crippen LogP contribution is -2.12. The number of benzene rings is 1. The second-order valence-electron chi connectivity index (χ2n) is 4.42. The van der Waals surface area contributed by atoms with Gasteiger partial charge in [0, 0.05) is 18.5 Å². The third-order valence-electron chi connectivity index (χ3n) is 2.89. The summed E-state index contributed by atoms with van der Waals surface area (Å²) in [6.07, 6.45) is -4.66. The van der Waals surface area contributed by atoms with Crippen LogP contribution in [0.4, 0.5) is 13.2 Å². The topological polar surface area (TPSA) is 78.6 Å². The van der Waals surface area contributed by atoms with Crippen molar-refractivity contribution < 1.29 is 17.9 Å². The molecule has 11 heteroatoms. The Hall–Kier alpha value is -2.43. The smallest absolute Gasteiger partial charge is 0.451 e. The van der Waals surface area contributed by atoms with Gasteiger partial charge < -0.3 is 4.74 Å². The maximum atomic E-state index is 13.0. The predicted molar refractivity (Wildman–Crippen MR) is 74.0 cm³/mol. The highest BCUT2D eigenvalue weighted by Gasteiger charge is 2.35. The molecule has 0 saturated heterocycles. The van der Waals surface area contributed by atoms with Crippen molar-refractivity contribution in [3.63, 3.8) is 0 Å². The molecule has 3 aromatic rings. The monoisotopic (exact) mass is 342 g/mol. The molecule has 0 N–H and O–H groups in total. The molecular weight excluding hydrogens is 333 g/mol. The SMILES string of the molecule is COc1ccc2c(Sc3nnnn3C)nc(C(F)(F)F)nc2c1. The van der Waals surface area contributed by atoms with E-state index in [0.717, 1.165) is 11.8 Å². The molecule has 120 valence electrons. The Kier molecular flexibility index (Phi) is 3.80. The van der Waals surface area contributed by atoms with E-state index in [0.29, 0.717) is 16.3 Å². The van der Waals surface area contributed by atoms with E-state index in [-0.39, 0.29) is 10.5 Å². The first-order valence-corrected chi connectivity index (χ1v) is 7.03. The number of aryl methyl sites for hydroxylation is 1. The molecule has 0 spiro atoms. The van der Waals surface area contributed by atoms with E-state index >= 15 is 0 Å². The number of fused-ring (bicyclic) bond motifs is 1. The maximum absolute atomic E-state index is 13.0. The molecular formula is C12H9F3N6OS. The van der Waals surface area contributed by atoms with Crippen molar-refractivity contribution in [1.82, 2.24) is 30.2 Å². The summed E-state index contributed by atoms with van der Waals surface area (Å²) in [6, 6.07) is 4.64. The van der Waals surface area contributed by atoms with Gasteiger partial charge in [-0.05, 0) is 34.3 Å². The van der Waals surface area contributed by atoms with E-state index in [1.807, 2.05) is 0 Å². The minimum absolute atomic E-state index is 0.114. The van der Waals surface area contributed by atoms with Crippen molar-refractivity contribution in [3.8, 4) is 5.75 Å². The molecule has 0 aliphatic heterocycles. The van der Waals surface area contributed by atoms with Crippen molar-refractivity contribution in [3.05, 3.63) is 24.0 Å². The highest BCUT2D eigenvalue weighted by Crippen LogP contribution is 2.35. The van der Waals surface area contributed by atoms with Gasteiger partial charge >= 0.3 is 6.18 Å². The molecule has 23 heavy (non-hydrogen) atoms. The first-order valence-electron chi connectivity index (χ1n) is 6.21. The number of aromatic nitrogens is 6. The Morgan fingerprint density at radius 3 is 2.61 bits per heavy atom. The minimum atomic E-state index is -4.66. The third-order valence-corrected chi connectivity index (χ3v) is 3.92. The average Bonchev–Trinajstić information content (AvgIpc) is 2.90. The van der Waals surface area contributed by atoms with Crippen LogP contribution in [0.3, 0.4) is 0 Å². The van der Waals surface area contributed by atoms with Crippen LogP contribution in [0.5, 0.6) is 5.75 Å². The lowest BCUT2D eigenvalue weighted by atomic mass is 10.2. The zero-order valence-corrected chi connectivity index (χ0v) is 12.7. The first-order chi connectivity index (χ1) is 10.9. The summed E-state index contributed by atoms with van der Waals surface area (Å²) >= 11 is 0.929. The molecule has 0 aliphatic rings. The van der Waals surface area contributed by atoms with Gasteiger partial charge in [-0.25, -0.2) is 14.6 Å². The molecule has 0 atom stereocenters. The number of rotatable bonds is 3. The third kappa shape index (κ3) is 3.04. The fourth-order valence-corrected chi connectivity index (χ4v) is 2.64. The normalized spacial score (nSPS) is 11.9. The number of methoxy groups -OCH3 is 1. The van der Waals surface area contributed by atoms with E-state index in [1.165, 1.54) is 17.9 Å². The Labute approximate surface area is 131 Å². The summed E-state index contributed by atoms with van der Waals surface area (Å²) in [5.41, 5.74) is 0.129. The van der Waals surface area contributed by atoms with Crippen molar-refractivity contribution in [1.29, 1.82) is 0 Å². The summed E-state index contributed by atoms with van der Waals surface area (Å²) in [5, 5.41) is 11.7. The lowest BCUT2D eigenvalue weighted by molar-refractivity contribution is -0.145. The summed E-state index contributed by atoms with van der Waals surface area (Å²) in [6.45, 7) is 0. The molecule has 0 saturated carbocycles. The molecule has 2 aromatic heterocycles. The molecule has 1 aromatic carbocycles. The highest BCUT2D eigenvalue weighted by atomic mass is 32.2. The van der Waals surface area contributed by atoms with Gasteiger partial charge in [-0.3, -0.25) is 0 Å². The molecule has 0 bridgehead atoms. The molecule has 3 rings (SSSR count). The summed E-state index contributed by atoms with van der Waals surface area (Å²) in [5.74, 6) is -0.823. The standard InChI is InChI=1S/C12H9F3N6OS/c1-21-11(18-19-20-21)23-9-7-4-3-6(22-2)5-8(7)16-10(17-9)12(13,14)15/h3-5H,1-2H3. The number of alkyl halides is 3. The number of hydrogen-bond donors (Lipinski definition) is 0. The van der Waals surface area contributed by atoms with Gasteiger partial charge in [0.15, 0.2) is 0 Å². The molecule has 0 fully saturated rings. The van der Waals surface area contributed by atoms with Gasteiger partial charge in [0.25, 0.3) is 0 Å². The Bertz CT molecular complexity index is 866. The predicted octanol–water partition coefficient (Wildman–Crippen LogP) is 2.33. The summed E-state index contributed by atoms with van der Waals surface area (Å²) in [7, 11) is 3.01. The number of ether oxygens (including phenoxy) is 1. The number of tetrazole rings is 1. The van der Waals surface area contributed by atoms with Crippen molar-refractivity contribution >= 4 is 22.7 Å². The van der Waals surface area contributed by atoms with Crippen LogP contribution in [0.25, 0.3) is 10.9 Å². The summed E-state index contributed by atoms with van der Waals surface area (Å²) < 4.78 is 45.4. The van der Waals surface area contributed by atoms with Crippen LogP contribution in [-0.4, -0.2) is 37.3 Å². The van der Waals surface area contributed by atoms with Crippen LogP contribution in [-0.2, 0) is 13.2 Å². The van der Waals surface area contributed by atoms with E-state index in [1.54, 1.807) is 19.2 Å². The maximum Gasteiger partial charge on any atom is 0.451 e. The second kappa shape index (κ2) is 5.65. The molecule has 0 aliphatic carbocycles. The zero-order chi connectivity index (χ0) is 16.6. The van der Waals surface area contributed by atoms with Crippen LogP contribution < -0.4 is 4.74 Å². The second-order valence-corrected chi connectivity index (χ2v) is 5.38. The van der Waals surface area contributed by atoms with Gasteiger partial charge in [-0.2, -0.15) is 13.2 Å². The fraction of sp³-hybridized carbons (Fsp3) is 0.250. The van der Waals surface area contributed by atoms with Crippen molar-refractivity contribution in [2.24, 2.45) is 7.05 Å².